The third kappa shape index (κ3) is 2.99. The lowest BCUT2D eigenvalue weighted by Crippen LogP contribution is -2.01. The molecule has 0 bridgehead atoms. The smallest absolute Gasteiger partial charge is 0.0740 e. The molecule has 0 N–H and O–H groups in total. The summed E-state index contributed by atoms with van der Waals surface area (Å²) in [5, 5.41) is 9.23. The average Bonchev–Trinajstić information content (AvgIpc) is 3.57. The molecule has 0 unspecified atom stereocenters. The summed E-state index contributed by atoms with van der Waals surface area (Å²) in [6, 6.07) is 30.3. The van der Waals surface area contributed by atoms with Gasteiger partial charge in [0.25, 0.3) is 0 Å². The Morgan fingerprint density at radius 3 is 1.36 bits per heavy atom. The molecule has 206 valence electrons. The summed E-state index contributed by atoms with van der Waals surface area (Å²) in [6.45, 7) is 4.23. The van der Waals surface area contributed by atoms with E-state index in [1.165, 1.54) is 10.8 Å². The monoisotopic (exact) mass is 564 g/mol. The fraction of sp³-hybridized carbons (Fsp3) is 0.0526. The van der Waals surface area contributed by atoms with E-state index < -0.39 is 0 Å². The quantitative estimate of drug-likeness (QED) is 0.197. The molecule has 0 aliphatic carbocycles. The van der Waals surface area contributed by atoms with Gasteiger partial charge in [-0.25, -0.2) is 0 Å². The summed E-state index contributed by atoms with van der Waals surface area (Å²) in [5.41, 5.74) is 10.6. The number of aryl methyl sites for hydroxylation is 2. The largest absolute Gasteiger partial charge is 0.309 e. The Balaban J connectivity index is 1.29. The summed E-state index contributed by atoms with van der Waals surface area (Å²) < 4.78 is 4.65. The summed E-state index contributed by atoms with van der Waals surface area (Å²) >= 11 is 0. The molecular weight excluding hydrogens is 540 g/mol. The van der Waals surface area contributed by atoms with E-state index in [0.29, 0.717) is 0 Å². The highest BCUT2D eigenvalue weighted by molar-refractivity contribution is 6.23. The first-order valence-corrected chi connectivity index (χ1v) is 14.8. The van der Waals surface area contributed by atoms with Crippen LogP contribution in [0.5, 0.6) is 0 Å². The molecule has 0 saturated carbocycles. The third-order valence-corrected chi connectivity index (χ3v) is 9.28. The first kappa shape index (κ1) is 23.7. The van der Waals surface area contributed by atoms with Crippen LogP contribution in [0.15, 0.2) is 110 Å². The molecule has 0 fully saturated rings. The van der Waals surface area contributed by atoms with Gasteiger partial charge < -0.3 is 9.13 Å². The topological polar surface area (TPSA) is 61.4 Å². The zero-order valence-corrected chi connectivity index (χ0v) is 24.1. The van der Waals surface area contributed by atoms with Gasteiger partial charge in [-0.15, -0.1) is 0 Å². The van der Waals surface area contributed by atoms with E-state index in [1.54, 1.807) is 0 Å². The summed E-state index contributed by atoms with van der Waals surface area (Å²) in [7, 11) is 0. The molecule has 0 amide bonds. The van der Waals surface area contributed by atoms with Crippen molar-refractivity contribution in [2.24, 2.45) is 0 Å². The molecule has 0 aliphatic rings. The summed E-state index contributed by atoms with van der Waals surface area (Å²) in [5.74, 6) is 0. The van der Waals surface area contributed by atoms with Crippen LogP contribution in [0.1, 0.15) is 11.4 Å². The Morgan fingerprint density at radius 2 is 0.886 bits per heavy atom. The molecule has 6 heterocycles. The van der Waals surface area contributed by atoms with Crippen molar-refractivity contribution in [3.8, 4) is 11.4 Å². The van der Waals surface area contributed by atoms with Crippen molar-refractivity contribution in [2.45, 2.75) is 13.8 Å². The summed E-state index contributed by atoms with van der Waals surface area (Å²) in [6.07, 6.45) is 7.64. The molecule has 0 saturated heterocycles. The zero-order valence-electron chi connectivity index (χ0n) is 24.1. The van der Waals surface area contributed by atoms with E-state index in [-0.39, 0.29) is 0 Å². The second-order valence-electron chi connectivity index (χ2n) is 11.7. The van der Waals surface area contributed by atoms with Crippen LogP contribution in [0.25, 0.3) is 87.6 Å². The fourth-order valence-electron chi connectivity index (χ4n) is 7.42. The lowest BCUT2D eigenvalue weighted by Gasteiger charge is -2.18. The van der Waals surface area contributed by atoms with Crippen LogP contribution in [0.2, 0.25) is 0 Å². The first-order chi connectivity index (χ1) is 21.7. The Bertz CT molecular complexity index is 2500. The van der Waals surface area contributed by atoms with Gasteiger partial charge in [-0.2, -0.15) is 0 Å². The van der Waals surface area contributed by atoms with Crippen LogP contribution in [-0.4, -0.2) is 29.1 Å². The Hall–Kier alpha value is -5.88. The van der Waals surface area contributed by atoms with Crippen LogP contribution < -0.4 is 0 Å². The second-order valence-corrected chi connectivity index (χ2v) is 11.7. The lowest BCUT2D eigenvalue weighted by molar-refractivity contribution is 1.16. The van der Waals surface area contributed by atoms with Crippen molar-refractivity contribution >= 4 is 76.2 Å². The first-order valence-electron chi connectivity index (χ1n) is 14.8. The standard InChI is InChI=1S/C38H24N6/c1-21-27-15-23(43-33-9-5-3-7-25(33)29-19-39-13-11-35(29)43)18-32-37(27)38-28(22(2)42-32)16-24(17-31(38)41-21)44-34-10-6-4-8-26(34)30-20-40-14-12-36(30)44/h3-20H,1-2H3. The molecule has 0 aliphatic heterocycles. The number of hydrogen-bond acceptors (Lipinski definition) is 4. The van der Waals surface area contributed by atoms with Crippen molar-refractivity contribution in [3.63, 3.8) is 0 Å². The Labute approximate surface area is 251 Å². The van der Waals surface area contributed by atoms with Crippen molar-refractivity contribution in [3.05, 3.63) is 121 Å². The maximum Gasteiger partial charge on any atom is 0.0740 e. The highest BCUT2D eigenvalue weighted by atomic mass is 15.0. The minimum atomic E-state index is 0.980. The number of rotatable bonds is 2. The van der Waals surface area contributed by atoms with E-state index in [0.717, 1.165) is 88.2 Å². The predicted molar refractivity (Wildman–Crippen MR) is 179 cm³/mol. The molecule has 44 heavy (non-hydrogen) atoms. The molecule has 0 spiro atoms. The van der Waals surface area contributed by atoms with Gasteiger partial charge in [-0.3, -0.25) is 19.9 Å². The Kier molecular flexibility index (Phi) is 4.49. The van der Waals surface area contributed by atoms with Crippen LogP contribution >= 0.6 is 0 Å². The number of fused-ring (bicyclic) bond motifs is 6. The van der Waals surface area contributed by atoms with Crippen LogP contribution in [0.3, 0.4) is 0 Å². The lowest BCUT2D eigenvalue weighted by atomic mass is 9.96. The van der Waals surface area contributed by atoms with Crippen LogP contribution in [0, 0.1) is 13.8 Å². The van der Waals surface area contributed by atoms with Crippen molar-refractivity contribution in [1.29, 1.82) is 0 Å². The van der Waals surface area contributed by atoms with E-state index in [9.17, 15) is 0 Å². The van der Waals surface area contributed by atoms with Crippen molar-refractivity contribution in [2.75, 3.05) is 0 Å². The second kappa shape index (κ2) is 8.36. The maximum absolute atomic E-state index is 5.25. The minimum absolute atomic E-state index is 0.980. The molecule has 10 rings (SSSR count). The molecule has 6 heteroatoms. The van der Waals surface area contributed by atoms with Gasteiger partial charge in [-0.1, -0.05) is 36.4 Å². The zero-order chi connectivity index (χ0) is 29.1. The normalized spacial score (nSPS) is 12.3. The minimum Gasteiger partial charge on any atom is -0.309 e. The third-order valence-electron chi connectivity index (χ3n) is 9.28. The number of hydrogen-bond donors (Lipinski definition) is 0. The van der Waals surface area contributed by atoms with Gasteiger partial charge in [0.05, 0.1) is 33.1 Å². The van der Waals surface area contributed by atoms with Gasteiger partial charge >= 0.3 is 0 Å². The van der Waals surface area contributed by atoms with E-state index in [1.807, 2.05) is 24.8 Å². The summed E-state index contributed by atoms with van der Waals surface area (Å²) in [4.78, 5) is 19.4. The number of aromatic nitrogens is 6. The molecule has 0 atom stereocenters. The Morgan fingerprint density at radius 1 is 0.455 bits per heavy atom. The highest BCUT2D eigenvalue weighted by Gasteiger charge is 2.20. The van der Waals surface area contributed by atoms with E-state index in [4.69, 9.17) is 9.97 Å². The maximum atomic E-state index is 5.25. The van der Waals surface area contributed by atoms with Crippen molar-refractivity contribution in [1.82, 2.24) is 29.1 Å². The van der Waals surface area contributed by atoms with Crippen LogP contribution in [-0.2, 0) is 0 Å². The molecule has 4 aromatic carbocycles. The van der Waals surface area contributed by atoms with Gasteiger partial charge in [0.15, 0.2) is 0 Å². The predicted octanol–water partition coefficient (Wildman–Crippen LogP) is 8.98. The van der Waals surface area contributed by atoms with Crippen molar-refractivity contribution < 1.29 is 0 Å². The molecular formula is C38H24N6. The molecule has 6 nitrogen and oxygen atoms in total. The SMILES string of the molecule is Cc1nc2cc(-n3c4ccccc4c4cnccc43)cc3c(C)nc4cc(-n5c6ccccc6c6cnccc65)cc1c4c23. The molecule has 6 aromatic heterocycles. The number of benzene rings is 4. The highest BCUT2D eigenvalue weighted by Crippen LogP contribution is 2.41. The molecule has 0 radical (unpaired) electrons. The fourth-order valence-corrected chi connectivity index (χ4v) is 7.42. The number of nitrogens with zero attached hydrogens (tertiary/aromatic N) is 6. The number of para-hydroxylation sites is 2. The van der Waals surface area contributed by atoms with Gasteiger partial charge in [0, 0.05) is 90.6 Å². The van der Waals surface area contributed by atoms with E-state index >= 15 is 0 Å². The molecule has 10 aromatic rings. The average molecular weight is 565 g/mol. The van der Waals surface area contributed by atoms with Crippen LogP contribution in [0.4, 0.5) is 0 Å². The van der Waals surface area contributed by atoms with Gasteiger partial charge in [0.2, 0.25) is 0 Å². The van der Waals surface area contributed by atoms with Gasteiger partial charge in [-0.05, 0) is 62.4 Å². The van der Waals surface area contributed by atoms with E-state index in [2.05, 4.69) is 118 Å². The number of pyridine rings is 4. The van der Waals surface area contributed by atoms with Gasteiger partial charge in [0.1, 0.15) is 0 Å².